The average molecular weight is 207 g/mol. The van der Waals surface area contributed by atoms with Crippen LogP contribution in [0, 0.1) is 0 Å². The Labute approximate surface area is 92.3 Å². The van der Waals surface area contributed by atoms with Crippen LogP contribution in [0.3, 0.4) is 0 Å². The van der Waals surface area contributed by atoms with E-state index in [4.69, 9.17) is 0 Å². The molecule has 2 heteroatoms. The Morgan fingerprint density at radius 3 is 2.27 bits per heavy atom. The Hall–Kier alpha value is -0.860. The Balaban J connectivity index is 2.40. The van der Waals surface area contributed by atoms with Crippen LogP contribution in [0.15, 0.2) is 30.3 Å². The number of rotatable bonds is 5. The molecule has 0 saturated heterocycles. The summed E-state index contributed by atoms with van der Waals surface area (Å²) in [4.78, 5) is 0. The second-order valence-electron chi connectivity index (χ2n) is 4.25. The fourth-order valence-electron chi connectivity index (χ4n) is 1.43. The molecule has 0 saturated carbocycles. The molecule has 2 N–H and O–H groups in total. The number of benzene rings is 1. The third kappa shape index (κ3) is 4.02. The first-order chi connectivity index (χ1) is 7.11. The van der Waals surface area contributed by atoms with E-state index in [1.807, 2.05) is 19.9 Å². The van der Waals surface area contributed by atoms with E-state index in [1.165, 1.54) is 5.56 Å². The molecule has 0 aliphatic carbocycles. The molecule has 0 aliphatic rings. The lowest BCUT2D eigenvalue weighted by Crippen LogP contribution is -2.37. The van der Waals surface area contributed by atoms with Crippen molar-refractivity contribution in [2.75, 3.05) is 6.54 Å². The van der Waals surface area contributed by atoms with E-state index < -0.39 is 0 Å². The van der Waals surface area contributed by atoms with Gasteiger partial charge in [-0.25, -0.2) is 0 Å². The zero-order valence-electron chi connectivity index (χ0n) is 9.77. The monoisotopic (exact) mass is 207 g/mol. The highest BCUT2D eigenvalue weighted by Gasteiger charge is 2.10. The van der Waals surface area contributed by atoms with E-state index in [-0.39, 0.29) is 12.1 Å². The molecule has 2 nitrogen and oxygen atoms in total. The number of hydrogen-bond donors (Lipinski definition) is 2. The molecule has 0 heterocycles. The van der Waals surface area contributed by atoms with Crippen molar-refractivity contribution in [2.45, 2.75) is 38.8 Å². The predicted molar refractivity (Wildman–Crippen MR) is 64.0 cm³/mol. The summed E-state index contributed by atoms with van der Waals surface area (Å²) in [5.41, 5.74) is 1.34. The molecule has 0 aromatic heterocycles. The fourth-order valence-corrected chi connectivity index (χ4v) is 1.43. The second-order valence-corrected chi connectivity index (χ2v) is 4.25. The molecule has 0 aliphatic heterocycles. The lowest BCUT2D eigenvalue weighted by Gasteiger charge is -2.20. The summed E-state index contributed by atoms with van der Waals surface area (Å²) in [5, 5.41) is 12.7. The van der Waals surface area contributed by atoms with Crippen molar-refractivity contribution in [3.8, 4) is 0 Å². The summed E-state index contributed by atoms with van der Waals surface area (Å²) in [5.74, 6) is 0.479. The van der Waals surface area contributed by atoms with Crippen LogP contribution in [0.25, 0.3) is 0 Å². The molecule has 15 heavy (non-hydrogen) atoms. The van der Waals surface area contributed by atoms with Gasteiger partial charge < -0.3 is 10.4 Å². The van der Waals surface area contributed by atoms with Crippen molar-refractivity contribution in [1.82, 2.24) is 5.32 Å². The highest BCUT2D eigenvalue weighted by Crippen LogP contribution is 2.13. The zero-order valence-corrected chi connectivity index (χ0v) is 9.77. The molecule has 0 radical (unpaired) electrons. The summed E-state index contributed by atoms with van der Waals surface area (Å²) < 4.78 is 0. The van der Waals surface area contributed by atoms with Gasteiger partial charge in [-0.05, 0) is 25.3 Å². The van der Waals surface area contributed by atoms with E-state index in [0.29, 0.717) is 5.92 Å². The first-order valence-electron chi connectivity index (χ1n) is 5.57. The van der Waals surface area contributed by atoms with Gasteiger partial charge in [0.2, 0.25) is 0 Å². The quantitative estimate of drug-likeness (QED) is 0.775. The standard InChI is InChI=1S/C13H21NO/c1-10(9-14-11(2)12(3)15)13-7-5-4-6-8-13/h4-8,10-12,14-15H,9H2,1-3H3. The summed E-state index contributed by atoms with van der Waals surface area (Å²) in [6.45, 7) is 6.90. The molecular formula is C13H21NO. The molecule has 0 fully saturated rings. The SMILES string of the molecule is CC(CNC(C)C(C)O)c1ccccc1. The van der Waals surface area contributed by atoms with Gasteiger partial charge in [0.05, 0.1) is 6.10 Å². The first-order valence-corrected chi connectivity index (χ1v) is 5.57. The minimum absolute atomic E-state index is 0.149. The third-order valence-electron chi connectivity index (χ3n) is 2.84. The van der Waals surface area contributed by atoms with Gasteiger partial charge in [0, 0.05) is 12.6 Å². The van der Waals surface area contributed by atoms with Gasteiger partial charge in [-0.3, -0.25) is 0 Å². The topological polar surface area (TPSA) is 32.3 Å². The largest absolute Gasteiger partial charge is 0.392 e. The normalized spacial score (nSPS) is 17.1. The Kier molecular flexibility index (Phi) is 4.79. The number of hydrogen-bond acceptors (Lipinski definition) is 2. The number of aliphatic hydroxyl groups is 1. The van der Waals surface area contributed by atoms with Crippen molar-refractivity contribution < 1.29 is 5.11 Å². The van der Waals surface area contributed by atoms with Gasteiger partial charge in [-0.2, -0.15) is 0 Å². The average Bonchev–Trinajstić information content (AvgIpc) is 2.26. The van der Waals surface area contributed by atoms with Crippen LogP contribution in [-0.4, -0.2) is 23.8 Å². The molecule has 0 amide bonds. The van der Waals surface area contributed by atoms with Crippen LogP contribution in [0.4, 0.5) is 0 Å². The highest BCUT2D eigenvalue weighted by atomic mass is 16.3. The maximum Gasteiger partial charge on any atom is 0.0662 e. The highest BCUT2D eigenvalue weighted by molar-refractivity contribution is 5.18. The summed E-state index contributed by atoms with van der Waals surface area (Å²) in [6.07, 6.45) is -0.298. The van der Waals surface area contributed by atoms with Gasteiger partial charge in [-0.15, -0.1) is 0 Å². The lowest BCUT2D eigenvalue weighted by molar-refractivity contribution is 0.152. The minimum atomic E-state index is -0.298. The second kappa shape index (κ2) is 5.89. The minimum Gasteiger partial charge on any atom is -0.392 e. The summed E-state index contributed by atoms with van der Waals surface area (Å²) in [6, 6.07) is 10.6. The van der Waals surface area contributed by atoms with Crippen LogP contribution in [0.2, 0.25) is 0 Å². The molecule has 3 atom stereocenters. The predicted octanol–water partition coefficient (Wildman–Crippen LogP) is 2.15. The van der Waals surface area contributed by atoms with Crippen LogP contribution >= 0.6 is 0 Å². The maximum absolute atomic E-state index is 9.34. The van der Waals surface area contributed by atoms with E-state index in [2.05, 4.69) is 36.5 Å². The van der Waals surface area contributed by atoms with Crippen molar-refractivity contribution >= 4 is 0 Å². The lowest BCUT2D eigenvalue weighted by atomic mass is 10.0. The molecule has 1 aromatic carbocycles. The van der Waals surface area contributed by atoms with E-state index in [9.17, 15) is 5.11 Å². The molecule has 1 aromatic rings. The molecule has 1 rings (SSSR count). The van der Waals surface area contributed by atoms with Crippen molar-refractivity contribution in [2.24, 2.45) is 0 Å². The van der Waals surface area contributed by atoms with Crippen molar-refractivity contribution in [3.63, 3.8) is 0 Å². The van der Waals surface area contributed by atoms with Gasteiger partial charge in [0.25, 0.3) is 0 Å². The Morgan fingerprint density at radius 1 is 1.13 bits per heavy atom. The van der Waals surface area contributed by atoms with Crippen molar-refractivity contribution in [3.05, 3.63) is 35.9 Å². The molecule has 0 bridgehead atoms. The Bertz CT molecular complexity index is 271. The smallest absolute Gasteiger partial charge is 0.0662 e. The fraction of sp³-hybridized carbons (Fsp3) is 0.538. The van der Waals surface area contributed by atoms with Crippen LogP contribution in [0.1, 0.15) is 32.3 Å². The van der Waals surface area contributed by atoms with Crippen LogP contribution in [-0.2, 0) is 0 Å². The zero-order chi connectivity index (χ0) is 11.3. The third-order valence-corrected chi connectivity index (χ3v) is 2.84. The van der Waals surface area contributed by atoms with Gasteiger partial charge in [0.1, 0.15) is 0 Å². The molecular weight excluding hydrogens is 186 g/mol. The Morgan fingerprint density at radius 2 is 1.73 bits per heavy atom. The maximum atomic E-state index is 9.34. The first kappa shape index (κ1) is 12.2. The van der Waals surface area contributed by atoms with Crippen LogP contribution in [0.5, 0.6) is 0 Å². The van der Waals surface area contributed by atoms with E-state index >= 15 is 0 Å². The van der Waals surface area contributed by atoms with E-state index in [0.717, 1.165) is 6.54 Å². The number of nitrogens with one attached hydrogen (secondary N) is 1. The summed E-state index contributed by atoms with van der Waals surface area (Å²) >= 11 is 0. The van der Waals surface area contributed by atoms with Gasteiger partial charge in [0.15, 0.2) is 0 Å². The van der Waals surface area contributed by atoms with E-state index in [1.54, 1.807) is 0 Å². The van der Waals surface area contributed by atoms with Gasteiger partial charge >= 0.3 is 0 Å². The molecule has 0 spiro atoms. The number of aliphatic hydroxyl groups excluding tert-OH is 1. The molecule has 3 unspecified atom stereocenters. The molecule has 84 valence electrons. The van der Waals surface area contributed by atoms with Gasteiger partial charge in [-0.1, -0.05) is 37.3 Å². The van der Waals surface area contributed by atoms with Crippen LogP contribution < -0.4 is 5.32 Å². The summed E-state index contributed by atoms with van der Waals surface area (Å²) in [7, 11) is 0. The van der Waals surface area contributed by atoms with Crippen molar-refractivity contribution in [1.29, 1.82) is 0 Å².